The topological polar surface area (TPSA) is 78.1 Å². The maximum Gasteiger partial charge on any atom is 0.246 e. The first-order valence-electron chi connectivity index (χ1n) is 12.9. The largest absolute Gasteiger partial charge is 0.494 e. The van der Waals surface area contributed by atoms with E-state index < -0.39 is 12.1 Å². The zero-order valence-corrected chi connectivity index (χ0v) is 20.6. The van der Waals surface area contributed by atoms with Crippen LogP contribution in [0.3, 0.4) is 0 Å². The van der Waals surface area contributed by atoms with Crippen molar-refractivity contribution in [3.8, 4) is 5.75 Å². The number of carbonyl (C=O) groups excluding carboxylic acids is 2. The summed E-state index contributed by atoms with van der Waals surface area (Å²) in [4.78, 5) is 37.1. The number of amides is 2. The molecule has 1 N–H and O–H groups in total. The van der Waals surface area contributed by atoms with Gasteiger partial charge in [-0.05, 0) is 24.6 Å². The van der Waals surface area contributed by atoms with Crippen LogP contribution in [0.25, 0.3) is 10.9 Å². The van der Waals surface area contributed by atoms with Crippen LogP contribution < -0.4 is 4.74 Å². The highest BCUT2D eigenvalue weighted by atomic mass is 16.5. The highest BCUT2D eigenvalue weighted by Crippen LogP contribution is 2.44. The summed E-state index contributed by atoms with van der Waals surface area (Å²) >= 11 is 0. The molecule has 2 saturated heterocycles. The summed E-state index contributed by atoms with van der Waals surface area (Å²) in [7, 11) is 0. The van der Waals surface area contributed by atoms with Gasteiger partial charge in [-0.1, -0.05) is 36.4 Å². The van der Waals surface area contributed by atoms with E-state index in [-0.39, 0.29) is 18.4 Å². The first-order chi connectivity index (χ1) is 17.7. The lowest BCUT2D eigenvalue weighted by Crippen LogP contribution is -2.63. The number of ether oxygens (including phenoxy) is 2. The van der Waals surface area contributed by atoms with Crippen molar-refractivity contribution in [3.63, 3.8) is 0 Å². The molecule has 1 aromatic heterocycles. The fraction of sp³-hybridized carbons (Fsp3) is 0.429. The van der Waals surface area contributed by atoms with Crippen LogP contribution in [-0.4, -0.2) is 90.1 Å². The summed E-state index contributed by atoms with van der Waals surface area (Å²) in [5, 5.41) is 1.11. The van der Waals surface area contributed by atoms with Crippen molar-refractivity contribution in [2.24, 2.45) is 0 Å². The number of aromatic nitrogens is 1. The van der Waals surface area contributed by atoms with E-state index in [4.69, 9.17) is 9.47 Å². The van der Waals surface area contributed by atoms with Crippen molar-refractivity contribution in [2.75, 3.05) is 52.5 Å². The average Bonchev–Trinajstić information content (AvgIpc) is 3.28. The van der Waals surface area contributed by atoms with Gasteiger partial charge in [0.25, 0.3) is 0 Å². The fourth-order valence-corrected chi connectivity index (χ4v) is 5.92. The number of para-hydroxylation sites is 2. The first kappa shape index (κ1) is 23.1. The molecular weight excluding hydrogens is 456 g/mol. The van der Waals surface area contributed by atoms with E-state index in [1.165, 1.54) is 0 Å². The van der Waals surface area contributed by atoms with E-state index in [0.717, 1.165) is 53.1 Å². The van der Waals surface area contributed by atoms with Crippen molar-refractivity contribution < 1.29 is 19.1 Å². The Morgan fingerprint density at radius 2 is 1.81 bits per heavy atom. The van der Waals surface area contributed by atoms with Crippen molar-refractivity contribution >= 4 is 22.7 Å². The molecule has 3 aromatic rings. The molecule has 0 bridgehead atoms. The summed E-state index contributed by atoms with van der Waals surface area (Å²) in [6.45, 7) is 7.04. The monoisotopic (exact) mass is 488 g/mol. The first-order valence-corrected chi connectivity index (χ1v) is 12.9. The standard InChI is InChI=1S/C28H32N4O4/c1-2-36-24-10-6-4-8-20(24)27-26-21(19-7-3-5-9-22(19)29-26)17-23-28(34)31(18-25(33)32(23)27)12-11-30-13-15-35-16-14-30/h3-10,23,27,29H,2,11-18H2,1H3/t23-,27-/m0/s1. The fourth-order valence-electron chi connectivity index (χ4n) is 5.92. The number of carbonyl (C=O) groups is 2. The summed E-state index contributed by atoms with van der Waals surface area (Å²) in [6, 6.07) is 15.1. The molecule has 36 heavy (non-hydrogen) atoms. The van der Waals surface area contributed by atoms with E-state index in [1.807, 2.05) is 48.2 Å². The molecule has 6 rings (SSSR count). The Morgan fingerprint density at radius 1 is 1.03 bits per heavy atom. The van der Waals surface area contributed by atoms with Crippen LogP contribution >= 0.6 is 0 Å². The van der Waals surface area contributed by atoms with Gasteiger partial charge >= 0.3 is 0 Å². The molecule has 188 valence electrons. The second-order valence-electron chi connectivity index (χ2n) is 9.67. The van der Waals surface area contributed by atoms with E-state index in [1.54, 1.807) is 4.90 Å². The van der Waals surface area contributed by atoms with Crippen LogP contribution in [0.5, 0.6) is 5.75 Å². The molecule has 2 atom stereocenters. The molecule has 3 aliphatic heterocycles. The molecule has 0 saturated carbocycles. The van der Waals surface area contributed by atoms with E-state index in [2.05, 4.69) is 22.0 Å². The van der Waals surface area contributed by atoms with Crippen LogP contribution in [0.15, 0.2) is 48.5 Å². The Labute approximate surface area is 210 Å². The number of benzene rings is 2. The van der Waals surface area contributed by atoms with Gasteiger partial charge < -0.3 is 24.3 Å². The zero-order chi connectivity index (χ0) is 24.6. The van der Waals surface area contributed by atoms with Gasteiger partial charge in [0.2, 0.25) is 11.8 Å². The van der Waals surface area contributed by atoms with E-state index in [9.17, 15) is 9.59 Å². The van der Waals surface area contributed by atoms with Gasteiger partial charge in [-0.15, -0.1) is 0 Å². The second kappa shape index (κ2) is 9.59. The van der Waals surface area contributed by atoms with Gasteiger partial charge in [0.15, 0.2) is 0 Å². The van der Waals surface area contributed by atoms with Gasteiger partial charge in [0.05, 0.1) is 26.4 Å². The summed E-state index contributed by atoms with van der Waals surface area (Å²) < 4.78 is 11.4. The van der Waals surface area contributed by atoms with E-state index >= 15 is 0 Å². The highest BCUT2D eigenvalue weighted by molar-refractivity contribution is 5.97. The van der Waals surface area contributed by atoms with Crippen LogP contribution in [0.1, 0.15) is 29.8 Å². The molecule has 4 heterocycles. The Hall–Kier alpha value is -3.36. The Bertz CT molecular complexity index is 1280. The lowest BCUT2D eigenvalue weighted by molar-refractivity contribution is -0.159. The quantitative estimate of drug-likeness (QED) is 0.577. The Morgan fingerprint density at radius 3 is 2.64 bits per heavy atom. The number of rotatable bonds is 6. The third-order valence-electron chi connectivity index (χ3n) is 7.65. The third kappa shape index (κ3) is 3.94. The van der Waals surface area contributed by atoms with Crippen LogP contribution in [-0.2, 0) is 20.7 Å². The minimum Gasteiger partial charge on any atom is -0.494 e. The predicted molar refractivity (Wildman–Crippen MR) is 136 cm³/mol. The lowest BCUT2D eigenvalue weighted by Gasteiger charge is -2.47. The number of piperazine rings is 1. The summed E-state index contributed by atoms with van der Waals surface area (Å²) in [5.74, 6) is 0.741. The summed E-state index contributed by atoms with van der Waals surface area (Å²) in [6.07, 6.45) is 0.505. The molecule has 3 aliphatic rings. The number of morpholine rings is 1. The highest BCUT2D eigenvalue weighted by Gasteiger charge is 2.48. The van der Waals surface area contributed by atoms with Gasteiger partial charge in [0.1, 0.15) is 17.8 Å². The number of hydrogen-bond donors (Lipinski definition) is 1. The van der Waals surface area contributed by atoms with Gasteiger partial charge in [-0.25, -0.2) is 0 Å². The van der Waals surface area contributed by atoms with Crippen molar-refractivity contribution in [3.05, 3.63) is 65.4 Å². The second-order valence-corrected chi connectivity index (χ2v) is 9.67. The molecule has 0 radical (unpaired) electrons. The number of hydrogen-bond acceptors (Lipinski definition) is 5. The van der Waals surface area contributed by atoms with Crippen LogP contribution in [0, 0.1) is 0 Å². The summed E-state index contributed by atoms with van der Waals surface area (Å²) in [5.41, 5.74) is 4.01. The maximum atomic E-state index is 13.9. The molecule has 8 heteroatoms. The Balaban J connectivity index is 1.39. The third-order valence-corrected chi connectivity index (χ3v) is 7.65. The zero-order valence-electron chi connectivity index (χ0n) is 20.6. The number of nitrogens with one attached hydrogen (secondary N) is 1. The predicted octanol–water partition coefficient (Wildman–Crippen LogP) is 2.58. The number of aromatic amines is 1. The number of nitrogens with zero attached hydrogens (tertiary/aromatic N) is 3. The number of H-pyrrole nitrogens is 1. The molecule has 0 unspecified atom stereocenters. The minimum atomic E-state index is -0.540. The normalized spacial score (nSPS) is 22.6. The molecular formula is C28H32N4O4. The average molecular weight is 489 g/mol. The van der Waals surface area contributed by atoms with Crippen molar-refractivity contribution in [1.29, 1.82) is 0 Å². The van der Waals surface area contributed by atoms with Crippen LogP contribution in [0.2, 0.25) is 0 Å². The maximum absolute atomic E-state index is 13.9. The smallest absolute Gasteiger partial charge is 0.246 e. The SMILES string of the molecule is CCOc1ccccc1[C@H]1c2[nH]c3ccccc3c2C[C@H]2C(=O)N(CCN3CCOCC3)CC(=O)N12. The molecule has 0 aliphatic carbocycles. The van der Waals surface area contributed by atoms with Gasteiger partial charge in [-0.2, -0.15) is 0 Å². The molecule has 8 nitrogen and oxygen atoms in total. The number of fused-ring (bicyclic) bond motifs is 4. The molecule has 2 fully saturated rings. The minimum absolute atomic E-state index is 0.0256. The van der Waals surface area contributed by atoms with Gasteiger partial charge in [-0.3, -0.25) is 14.5 Å². The van der Waals surface area contributed by atoms with Crippen molar-refractivity contribution in [1.82, 2.24) is 19.7 Å². The van der Waals surface area contributed by atoms with Crippen LogP contribution in [0.4, 0.5) is 0 Å². The van der Waals surface area contributed by atoms with Gasteiger partial charge in [0, 0.05) is 54.8 Å². The molecule has 2 amide bonds. The lowest BCUT2D eigenvalue weighted by atomic mass is 9.86. The molecule has 0 spiro atoms. The van der Waals surface area contributed by atoms with Crippen molar-refractivity contribution in [2.45, 2.75) is 25.4 Å². The molecule has 2 aromatic carbocycles. The van der Waals surface area contributed by atoms with E-state index in [0.29, 0.717) is 32.8 Å². The Kier molecular flexibility index (Phi) is 6.15.